The van der Waals surface area contributed by atoms with E-state index in [1.54, 1.807) is 12.1 Å². The first-order valence-corrected chi connectivity index (χ1v) is 9.86. The van der Waals surface area contributed by atoms with Crippen LogP contribution in [0.5, 0.6) is 0 Å². The summed E-state index contributed by atoms with van der Waals surface area (Å²) in [4.78, 5) is 29.9. The van der Waals surface area contributed by atoms with Gasteiger partial charge in [0.2, 0.25) is 0 Å². The van der Waals surface area contributed by atoms with E-state index < -0.39 is 17.6 Å². The normalized spacial score (nSPS) is 13.9. The summed E-state index contributed by atoms with van der Waals surface area (Å²) in [5.74, 6) is -1.57. The van der Waals surface area contributed by atoms with Gasteiger partial charge in [-0.05, 0) is 42.8 Å². The topological polar surface area (TPSA) is 40.6 Å². The summed E-state index contributed by atoms with van der Waals surface area (Å²) in [6.45, 7) is 2.39. The standard InChI is InChI=1S/C24H18ClFN2O2/c1-2-27(17-11-7-4-8-12-17)22-21(16-9-5-3-6-10-16)23(29)28(24(22)30)18-13-14-20(26)19(25)15-18/h3-15H,2H2,1H3. The van der Waals surface area contributed by atoms with Crippen molar-refractivity contribution >= 4 is 40.4 Å². The lowest BCUT2D eigenvalue weighted by Crippen LogP contribution is -2.35. The maximum absolute atomic E-state index is 13.7. The SMILES string of the molecule is CCN(C1=C(c2ccccc2)C(=O)N(c2ccc(F)c(Cl)c2)C1=O)c1ccccc1. The van der Waals surface area contributed by atoms with Crippen molar-refractivity contribution in [2.45, 2.75) is 6.92 Å². The van der Waals surface area contributed by atoms with E-state index >= 15 is 0 Å². The second-order valence-electron chi connectivity index (χ2n) is 6.71. The maximum atomic E-state index is 13.7. The number of rotatable bonds is 5. The minimum absolute atomic E-state index is 0.154. The molecule has 30 heavy (non-hydrogen) atoms. The second kappa shape index (κ2) is 8.13. The van der Waals surface area contributed by atoms with E-state index in [-0.39, 0.29) is 16.4 Å². The molecule has 150 valence electrons. The Labute approximate surface area is 178 Å². The zero-order valence-corrected chi connectivity index (χ0v) is 16.9. The number of benzene rings is 3. The van der Waals surface area contributed by atoms with Gasteiger partial charge in [-0.3, -0.25) is 9.59 Å². The number of carbonyl (C=O) groups excluding carboxylic acids is 2. The smallest absolute Gasteiger partial charge is 0.282 e. The first kappa shape index (κ1) is 19.9. The van der Waals surface area contributed by atoms with Crippen molar-refractivity contribution in [2.75, 3.05) is 16.3 Å². The molecule has 0 saturated heterocycles. The molecular formula is C24H18ClFN2O2. The van der Waals surface area contributed by atoms with Gasteiger partial charge in [-0.2, -0.15) is 0 Å². The fourth-order valence-electron chi connectivity index (χ4n) is 3.57. The Balaban J connectivity index is 1.90. The molecule has 0 radical (unpaired) electrons. The van der Waals surface area contributed by atoms with Gasteiger partial charge in [0, 0.05) is 12.2 Å². The molecular weight excluding hydrogens is 403 g/mol. The summed E-state index contributed by atoms with van der Waals surface area (Å²) in [6.07, 6.45) is 0. The van der Waals surface area contributed by atoms with Gasteiger partial charge in [0.1, 0.15) is 11.5 Å². The van der Waals surface area contributed by atoms with Gasteiger partial charge in [0.15, 0.2) is 0 Å². The number of hydrogen-bond donors (Lipinski definition) is 0. The van der Waals surface area contributed by atoms with Crippen LogP contribution in [-0.4, -0.2) is 18.4 Å². The van der Waals surface area contributed by atoms with Crippen LogP contribution in [0, 0.1) is 5.82 Å². The third kappa shape index (κ3) is 3.37. The van der Waals surface area contributed by atoms with E-state index in [1.165, 1.54) is 12.1 Å². The van der Waals surface area contributed by atoms with Crippen LogP contribution in [0.3, 0.4) is 0 Å². The van der Waals surface area contributed by atoms with Crippen LogP contribution in [0.2, 0.25) is 5.02 Å². The Kier molecular flexibility index (Phi) is 5.38. The van der Waals surface area contributed by atoms with Gasteiger partial charge >= 0.3 is 0 Å². The highest BCUT2D eigenvalue weighted by atomic mass is 35.5. The molecule has 4 nitrogen and oxygen atoms in total. The van der Waals surface area contributed by atoms with Gasteiger partial charge in [-0.15, -0.1) is 0 Å². The molecule has 0 unspecified atom stereocenters. The van der Waals surface area contributed by atoms with Crippen molar-refractivity contribution in [3.05, 3.63) is 101 Å². The van der Waals surface area contributed by atoms with E-state index in [0.29, 0.717) is 17.7 Å². The maximum Gasteiger partial charge on any atom is 0.282 e. The van der Waals surface area contributed by atoms with Crippen LogP contribution < -0.4 is 9.80 Å². The van der Waals surface area contributed by atoms with Crippen LogP contribution in [0.15, 0.2) is 84.6 Å². The average Bonchev–Trinajstić information content (AvgIpc) is 3.02. The number of likely N-dealkylation sites (N-methyl/N-ethyl adjacent to an activating group) is 1. The molecule has 6 heteroatoms. The lowest BCUT2D eigenvalue weighted by Gasteiger charge is -2.25. The zero-order chi connectivity index (χ0) is 21.3. The largest absolute Gasteiger partial charge is 0.337 e. The molecule has 1 aliphatic heterocycles. The number of carbonyl (C=O) groups is 2. The summed E-state index contributed by atoms with van der Waals surface area (Å²) in [6, 6.07) is 22.3. The van der Waals surface area contributed by atoms with Gasteiger partial charge in [-0.1, -0.05) is 60.1 Å². The number of imide groups is 1. The predicted molar refractivity (Wildman–Crippen MR) is 117 cm³/mol. The van der Waals surface area contributed by atoms with Crippen molar-refractivity contribution in [1.82, 2.24) is 0 Å². The fraction of sp³-hybridized carbons (Fsp3) is 0.0833. The summed E-state index contributed by atoms with van der Waals surface area (Å²) in [5, 5.41) is -0.154. The van der Waals surface area contributed by atoms with E-state index in [4.69, 9.17) is 11.6 Å². The molecule has 0 spiro atoms. The average molecular weight is 421 g/mol. The second-order valence-corrected chi connectivity index (χ2v) is 7.12. The van der Waals surface area contributed by atoms with E-state index in [9.17, 15) is 14.0 Å². The minimum atomic E-state index is -0.615. The molecule has 0 aliphatic carbocycles. The quantitative estimate of drug-likeness (QED) is 0.526. The third-order valence-electron chi connectivity index (χ3n) is 4.94. The third-order valence-corrected chi connectivity index (χ3v) is 5.23. The molecule has 0 saturated carbocycles. The molecule has 0 N–H and O–H groups in total. The first-order valence-electron chi connectivity index (χ1n) is 9.49. The monoisotopic (exact) mass is 420 g/mol. The summed E-state index contributed by atoms with van der Waals surface area (Å²) in [5.41, 5.74) is 2.23. The molecule has 0 fully saturated rings. The Morgan fingerprint density at radius 1 is 0.900 bits per heavy atom. The van der Waals surface area contributed by atoms with Gasteiger partial charge in [0.05, 0.1) is 16.3 Å². The molecule has 1 aliphatic rings. The molecule has 3 aromatic carbocycles. The molecule has 2 amide bonds. The molecule has 4 rings (SSSR count). The highest BCUT2D eigenvalue weighted by Crippen LogP contribution is 2.37. The molecule has 3 aromatic rings. The molecule has 0 aromatic heterocycles. The summed E-state index contributed by atoms with van der Waals surface area (Å²) < 4.78 is 13.7. The van der Waals surface area contributed by atoms with Crippen LogP contribution in [0.1, 0.15) is 12.5 Å². The lowest BCUT2D eigenvalue weighted by molar-refractivity contribution is -0.120. The Bertz CT molecular complexity index is 1150. The number of amides is 2. The molecule has 1 heterocycles. The van der Waals surface area contributed by atoms with E-state index in [2.05, 4.69) is 0 Å². The Morgan fingerprint density at radius 2 is 1.53 bits per heavy atom. The van der Waals surface area contributed by atoms with Crippen LogP contribution in [-0.2, 0) is 9.59 Å². The summed E-state index contributed by atoms with van der Waals surface area (Å²) >= 11 is 5.91. The number of nitrogens with zero attached hydrogens (tertiary/aromatic N) is 2. The number of para-hydroxylation sites is 1. The predicted octanol–water partition coefficient (Wildman–Crippen LogP) is 5.29. The first-order chi connectivity index (χ1) is 14.5. The molecule has 0 bridgehead atoms. The van der Waals surface area contributed by atoms with Crippen molar-refractivity contribution in [3.63, 3.8) is 0 Å². The van der Waals surface area contributed by atoms with Crippen molar-refractivity contribution in [3.8, 4) is 0 Å². The Morgan fingerprint density at radius 3 is 2.13 bits per heavy atom. The highest BCUT2D eigenvalue weighted by molar-refractivity contribution is 6.46. The van der Waals surface area contributed by atoms with Crippen LogP contribution in [0.4, 0.5) is 15.8 Å². The highest BCUT2D eigenvalue weighted by Gasteiger charge is 2.42. The van der Waals surface area contributed by atoms with Gasteiger partial charge in [0.25, 0.3) is 11.8 Å². The van der Waals surface area contributed by atoms with Gasteiger partial charge < -0.3 is 4.90 Å². The number of anilines is 2. The fourth-order valence-corrected chi connectivity index (χ4v) is 3.74. The number of hydrogen-bond acceptors (Lipinski definition) is 3. The van der Waals surface area contributed by atoms with Crippen molar-refractivity contribution in [2.24, 2.45) is 0 Å². The van der Waals surface area contributed by atoms with Gasteiger partial charge in [-0.25, -0.2) is 9.29 Å². The van der Waals surface area contributed by atoms with Crippen molar-refractivity contribution < 1.29 is 14.0 Å². The van der Waals surface area contributed by atoms with E-state index in [1.807, 2.05) is 60.4 Å². The van der Waals surface area contributed by atoms with Crippen LogP contribution in [0.25, 0.3) is 5.57 Å². The zero-order valence-electron chi connectivity index (χ0n) is 16.2. The van der Waals surface area contributed by atoms with Crippen molar-refractivity contribution in [1.29, 1.82) is 0 Å². The number of halogens is 2. The van der Waals surface area contributed by atoms with Crippen LogP contribution >= 0.6 is 11.6 Å². The summed E-state index contributed by atoms with van der Waals surface area (Å²) in [7, 11) is 0. The van der Waals surface area contributed by atoms with E-state index in [0.717, 1.165) is 16.7 Å². The Hall–Kier alpha value is -3.44. The lowest BCUT2D eigenvalue weighted by atomic mass is 10.0. The minimum Gasteiger partial charge on any atom is -0.337 e. The molecule has 0 atom stereocenters.